The Labute approximate surface area is 152 Å². The van der Waals surface area contributed by atoms with Crippen molar-refractivity contribution in [3.05, 3.63) is 53.9 Å². The first-order valence-electron chi connectivity index (χ1n) is 8.92. The lowest BCUT2D eigenvalue weighted by Crippen LogP contribution is -2.31. The van der Waals surface area contributed by atoms with Gasteiger partial charge < -0.3 is 19.3 Å². The van der Waals surface area contributed by atoms with E-state index in [0.717, 1.165) is 18.4 Å². The number of para-hydroxylation sites is 1. The smallest absolute Gasteiger partial charge is 0.308 e. The molecule has 1 aliphatic heterocycles. The summed E-state index contributed by atoms with van der Waals surface area (Å²) in [5.74, 6) is -1.23. The van der Waals surface area contributed by atoms with Gasteiger partial charge in [0.15, 0.2) is 0 Å². The number of aliphatic carboxylic acids is 1. The molecule has 1 amide bonds. The Hall–Kier alpha value is -2.76. The van der Waals surface area contributed by atoms with Gasteiger partial charge in [0.1, 0.15) is 11.4 Å². The quantitative estimate of drug-likeness (QED) is 0.896. The molecule has 0 spiro atoms. The molecule has 1 aromatic heterocycles. The average molecular weight is 354 g/mol. The zero-order valence-electron chi connectivity index (χ0n) is 14.7. The fourth-order valence-electron chi connectivity index (χ4n) is 3.92. The Balaban J connectivity index is 1.62. The molecule has 1 aromatic carbocycles. The number of carbonyl (C=O) groups is 2. The maximum absolute atomic E-state index is 13.0. The normalized spacial score (nSPS) is 22.4. The van der Waals surface area contributed by atoms with Crippen LogP contribution in [0.5, 0.6) is 5.75 Å². The molecule has 1 saturated carbocycles. The van der Waals surface area contributed by atoms with Crippen molar-refractivity contribution in [3.63, 3.8) is 0 Å². The van der Waals surface area contributed by atoms with E-state index < -0.39 is 11.9 Å². The van der Waals surface area contributed by atoms with Crippen LogP contribution in [0.25, 0.3) is 0 Å². The van der Waals surface area contributed by atoms with Crippen molar-refractivity contribution in [2.24, 2.45) is 5.92 Å². The molecule has 2 aliphatic rings. The molecule has 0 bridgehead atoms. The standard InChI is InChI=1S/C20H22N2O4/c1-26-18-7-3-2-5-14(18)15-11-21(12-16(15)20(24)25)19(23)17-6-4-10-22(17)13-8-9-13/h2-7,10,13,15-16H,8-9,11-12H2,1H3,(H,24,25)/t15-,16+/m0/s1. The van der Waals surface area contributed by atoms with E-state index in [1.165, 1.54) is 0 Å². The van der Waals surface area contributed by atoms with Crippen molar-refractivity contribution in [2.45, 2.75) is 24.8 Å². The van der Waals surface area contributed by atoms with Crippen molar-refractivity contribution in [3.8, 4) is 5.75 Å². The van der Waals surface area contributed by atoms with Crippen molar-refractivity contribution in [1.29, 1.82) is 0 Å². The van der Waals surface area contributed by atoms with Gasteiger partial charge in [-0.15, -0.1) is 0 Å². The highest BCUT2D eigenvalue weighted by Gasteiger charge is 2.42. The van der Waals surface area contributed by atoms with E-state index in [0.29, 0.717) is 24.0 Å². The van der Waals surface area contributed by atoms with Gasteiger partial charge in [0, 0.05) is 31.2 Å². The van der Waals surface area contributed by atoms with Gasteiger partial charge in [-0.3, -0.25) is 9.59 Å². The molecule has 6 heteroatoms. The van der Waals surface area contributed by atoms with Crippen LogP contribution in [-0.4, -0.2) is 46.6 Å². The van der Waals surface area contributed by atoms with E-state index in [-0.39, 0.29) is 18.4 Å². The van der Waals surface area contributed by atoms with E-state index in [1.54, 1.807) is 12.0 Å². The fraction of sp³-hybridized carbons (Fsp3) is 0.400. The molecule has 2 aromatic rings. The lowest BCUT2D eigenvalue weighted by Gasteiger charge is -2.19. The average Bonchev–Trinajstić information content (AvgIpc) is 3.21. The molecule has 136 valence electrons. The molecular formula is C20H22N2O4. The van der Waals surface area contributed by atoms with Crippen molar-refractivity contribution >= 4 is 11.9 Å². The zero-order valence-corrected chi connectivity index (χ0v) is 14.7. The number of amides is 1. The van der Waals surface area contributed by atoms with Gasteiger partial charge in [-0.2, -0.15) is 0 Å². The molecule has 26 heavy (non-hydrogen) atoms. The third kappa shape index (κ3) is 2.85. The number of carboxylic acid groups (broad SMARTS) is 1. The number of rotatable bonds is 5. The predicted molar refractivity (Wildman–Crippen MR) is 95.5 cm³/mol. The number of aromatic nitrogens is 1. The minimum absolute atomic E-state index is 0.0921. The predicted octanol–water partition coefficient (Wildman–Crippen LogP) is 2.77. The fourth-order valence-corrected chi connectivity index (χ4v) is 3.92. The van der Waals surface area contributed by atoms with Crippen LogP contribution in [0.3, 0.4) is 0 Å². The first kappa shape index (κ1) is 16.7. The van der Waals surface area contributed by atoms with Gasteiger partial charge in [-0.25, -0.2) is 0 Å². The highest BCUT2D eigenvalue weighted by atomic mass is 16.5. The Morgan fingerprint density at radius 1 is 1.12 bits per heavy atom. The zero-order chi connectivity index (χ0) is 18.3. The molecule has 2 atom stereocenters. The molecule has 2 heterocycles. The lowest BCUT2D eigenvalue weighted by atomic mass is 9.88. The third-order valence-electron chi connectivity index (χ3n) is 5.40. The highest BCUT2D eigenvalue weighted by molar-refractivity contribution is 5.93. The summed E-state index contributed by atoms with van der Waals surface area (Å²) < 4.78 is 7.43. The van der Waals surface area contributed by atoms with Gasteiger partial charge in [0.2, 0.25) is 0 Å². The maximum Gasteiger partial charge on any atom is 0.308 e. The summed E-state index contributed by atoms with van der Waals surface area (Å²) in [6.07, 6.45) is 4.13. The summed E-state index contributed by atoms with van der Waals surface area (Å²) in [5, 5.41) is 9.71. The monoisotopic (exact) mass is 354 g/mol. The van der Waals surface area contributed by atoms with Crippen LogP contribution < -0.4 is 4.74 Å². The summed E-state index contributed by atoms with van der Waals surface area (Å²) >= 11 is 0. The Bertz CT molecular complexity index is 840. The second-order valence-electron chi connectivity index (χ2n) is 7.04. The number of hydrogen-bond donors (Lipinski definition) is 1. The largest absolute Gasteiger partial charge is 0.496 e. The van der Waals surface area contributed by atoms with Crippen LogP contribution in [0.2, 0.25) is 0 Å². The van der Waals surface area contributed by atoms with Crippen LogP contribution >= 0.6 is 0 Å². The number of hydrogen-bond acceptors (Lipinski definition) is 3. The minimum Gasteiger partial charge on any atom is -0.496 e. The van der Waals surface area contributed by atoms with Crippen LogP contribution in [0, 0.1) is 5.92 Å². The summed E-state index contributed by atoms with van der Waals surface area (Å²) in [4.78, 5) is 26.6. The van der Waals surface area contributed by atoms with Crippen molar-refractivity contribution in [1.82, 2.24) is 9.47 Å². The summed E-state index contributed by atoms with van der Waals surface area (Å²) in [5.41, 5.74) is 1.49. The molecule has 1 aliphatic carbocycles. The van der Waals surface area contributed by atoms with Crippen molar-refractivity contribution in [2.75, 3.05) is 20.2 Å². The van der Waals surface area contributed by atoms with Gasteiger partial charge >= 0.3 is 5.97 Å². The maximum atomic E-state index is 13.0. The molecule has 1 N–H and O–H groups in total. The number of carbonyl (C=O) groups excluding carboxylic acids is 1. The summed E-state index contributed by atoms with van der Waals surface area (Å²) in [6, 6.07) is 11.6. The van der Waals surface area contributed by atoms with Crippen LogP contribution in [0.15, 0.2) is 42.6 Å². The number of nitrogens with zero attached hydrogens (tertiary/aromatic N) is 2. The molecule has 2 fully saturated rings. The highest BCUT2D eigenvalue weighted by Crippen LogP contribution is 2.39. The first-order chi connectivity index (χ1) is 12.6. The van der Waals surface area contributed by atoms with E-state index in [4.69, 9.17) is 4.74 Å². The second kappa shape index (κ2) is 6.52. The van der Waals surface area contributed by atoms with Gasteiger partial charge in [-0.05, 0) is 36.6 Å². The molecule has 1 saturated heterocycles. The topological polar surface area (TPSA) is 71.8 Å². The number of likely N-dealkylation sites (tertiary alicyclic amines) is 1. The molecule has 0 unspecified atom stereocenters. The minimum atomic E-state index is -0.881. The Morgan fingerprint density at radius 2 is 1.88 bits per heavy atom. The van der Waals surface area contributed by atoms with E-state index in [1.807, 2.05) is 47.2 Å². The van der Waals surface area contributed by atoms with Gasteiger partial charge in [-0.1, -0.05) is 18.2 Å². The SMILES string of the molecule is COc1ccccc1[C@@H]1CN(C(=O)c2cccn2C2CC2)C[C@H]1C(=O)O. The molecular weight excluding hydrogens is 332 g/mol. The van der Waals surface area contributed by atoms with Crippen LogP contribution in [-0.2, 0) is 4.79 Å². The molecule has 0 radical (unpaired) electrons. The summed E-state index contributed by atoms with van der Waals surface area (Å²) in [7, 11) is 1.58. The number of carboxylic acids is 1. The van der Waals surface area contributed by atoms with Gasteiger partial charge in [0.25, 0.3) is 5.91 Å². The van der Waals surface area contributed by atoms with Gasteiger partial charge in [0.05, 0.1) is 13.0 Å². The van der Waals surface area contributed by atoms with Crippen molar-refractivity contribution < 1.29 is 19.4 Å². The lowest BCUT2D eigenvalue weighted by molar-refractivity contribution is -0.141. The number of ether oxygens (including phenoxy) is 1. The van der Waals surface area contributed by atoms with Crippen LogP contribution in [0.1, 0.15) is 40.9 Å². The van der Waals surface area contributed by atoms with E-state index >= 15 is 0 Å². The molecule has 4 rings (SSSR count). The number of methoxy groups -OCH3 is 1. The van der Waals surface area contributed by atoms with Crippen LogP contribution in [0.4, 0.5) is 0 Å². The van der Waals surface area contributed by atoms with E-state index in [9.17, 15) is 14.7 Å². The Morgan fingerprint density at radius 3 is 2.58 bits per heavy atom. The second-order valence-corrected chi connectivity index (χ2v) is 7.04. The molecule has 6 nitrogen and oxygen atoms in total. The summed E-state index contributed by atoms with van der Waals surface area (Å²) in [6.45, 7) is 0.596. The van der Waals surface area contributed by atoms with E-state index in [2.05, 4.69) is 0 Å². The number of benzene rings is 1. The Kier molecular flexibility index (Phi) is 4.18. The third-order valence-corrected chi connectivity index (χ3v) is 5.40. The first-order valence-corrected chi connectivity index (χ1v) is 8.92.